The highest BCUT2D eigenvalue weighted by molar-refractivity contribution is 8.11. The number of rotatable bonds is 2. The van der Waals surface area contributed by atoms with Crippen molar-refractivity contribution in [1.29, 1.82) is 0 Å². The lowest BCUT2D eigenvalue weighted by atomic mass is 11.0. The van der Waals surface area contributed by atoms with Crippen molar-refractivity contribution in [3.05, 3.63) is 0 Å². The van der Waals surface area contributed by atoms with Gasteiger partial charge in [-0.2, -0.15) is 0 Å². The van der Waals surface area contributed by atoms with Gasteiger partial charge in [0.05, 0.1) is 0 Å². The second-order valence-corrected chi connectivity index (χ2v) is 5.53. The Balaban J connectivity index is 3.61. The van der Waals surface area contributed by atoms with E-state index in [4.69, 9.17) is 21.8 Å². The molecule has 2 N–H and O–H groups in total. The second kappa shape index (κ2) is 2.78. The Labute approximate surface area is 49.2 Å². The average Bonchev–Trinajstić information content (AvgIpc) is 1.68. The third-order valence-electron chi connectivity index (χ3n) is 0.750. The van der Waals surface area contributed by atoms with Crippen LogP contribution in [0.15, 0.2) is 0 Å². The normalized spacial score (nSPS) is 18.7. The summed E-state index contributed by atoms with van der Waals surface area (Å²) in [5.41, 5.74) is 5.42. The Morgan fingerprint density at radius 2 is 2.29 bits per heavy atom. The standard InChI is InChI=1S/C3H10NOPS/c1-3-6(4,7)5-2/h3H2,1-2H3,(H2,4,7). The van der Waals surface area contributed by atoms with Crippen LogP contribution in [-0.2, 0) is 16.3 Å². The molecule has 7 heavy (non-hydrogen) atoms. The Hall–Kier alpha value is 0.570. The Bertz CT molecular complexity index is 86.9. The fourth-order valence-electron chi connectivity index (χ4n) is 0.129. The van der Waals surface area contributed by atoms with Crippen LogP contribution in [0.4, 0.5) is 0 Å². The highest BCUT2D eigenvalue weighted by atomic mass is 32.4. The van der Waals surface area contributed by atoms with Crippen molar-refractivity contribution in [2.45, 2.75) is 6.92 Å². The molecule has 0 saturated carbocycles. The van der Waals surface area contributed by atoms with Crippen molar-refractivity contribution < 1.29 is 4.52 Å². The molecule has 2 nitrogen and oxygen atoms in total. The van der Waals surface area contributed by atoms with Crippen LogP contribution in [0.1, 0.15) is 6.92 Å². The van der Waals surface area contributed by atoms with Crippen molar-refractivity contribution in [3.8, 4) is 0 Å². The van der Waals surface area contributed by atoms with Crippen LogP contribution in [0.2, 0.25) is 0 Å². The first kappa shape index (κ1) is 7.57. The van der Waals surface area contributed by atoms with Crippen LogP contribution in [0.5, 0.6) is 0 Å². The average molecular weight is 139 g/mol. The third kappa shape index (κ3) is 3.18. The van der Waals surface area contributed by atoms with Crippen molar-refractivity contribution in [3.63, 3.8) is 0 Å². The summed E-state index contributed by atoms with van der Waals surface area (Å²) in [7, 11) is 1.56. The van der Waals surface area contributed by atoms with E-state index in [1.54, 1.807) is 7.11 Å². The van der Waals surface area contributed by atoms with Gasteiger partial charge in [0.15, 0.2) is 0 Å². The van der Waals surface area contributed by atoms with E-state index < -0.39 is 6.42 Å². The summed E-state index contributed by atoms with van der Waals surface area (Å²) in [5.74, 6) is 0. The van der Waals surface area contributed by atoms with Gasteiger partial charge in [-0.3, -0.25) is 5.50 Å². The predicted molar refractivity (Wildman–Crippen MR) is 36.0 cm³/mol. The van der Waals surface area contributed by atoms with E-state index in [-0.39, 0.29) is 0 Å². The van der Waals surface area contributed by atoms with Gasteiger partial charge in [-0.25, -0.2) is 0 Å². The molecule has 0 rings (SSSR count). The quantitative estimate of drug-likeness (QED) is 0.578. The highest BCUT2D eigenvalue weighted by Crippen LogP contribution is 2.35. The Morgan fingerprint density at radius 3 is 2.29 bits per heavy atom. The molecule has 0 aromatic carbocycles. The first-order valence-corrected chi connectivity index (χ1v) is 5.03. The lowest BCUT2D eigenvalue weighted by Crippen LogP contribution is -1.97. The van der Waals surface area contributed by atoms with Crippen molar-refractivity contribution in [2.75, 3.05) is 13.3 Å². The fraction of sp³-hybridized carbons (Fsp3) is 1.00. The van der Waals surface area contributed by atoms with Crippen LogP contribution in [0, 0.1) is 0 Å². The largest absolute Gasteiger partial charge is 0.341 e. The SMILES string of the molecule is CCP(N)(=S)OC. The third-order valence-corrected chi connectivity index (χ3v) is 3.47. The molecule has 0 fully saturated rings. The van der Waals surface area contributed by atoms with E-state index in [0.29, 0.717) is 0 Å². The molecule has 44 valence electrons. The van der Waals surface area contributed by atoms with E-state index >= 15 is 0 Å². The summed E-state index contributed by atoms with van der Waals surface area (Å²) in [6.45, 7) is 1.93. The van der Waals surface area contributed by atoms with E-state index in [2.05, 4.69) is 0 Å². The van der Waals surface area contributed by atoms with Crippen LogP contribution in [0.3, 0.4) is 0 Å². The lowest BCUT2D eigenvalue weighted by molar-refractivity contribution is 0.460. The molecule has 1 atom stereocenters. The van der Waals surface area contributed by atoms with Crippen LogP contribution >= 0.6 is 6.42 Å². The highest BCUT2D eigenvalue weighted by Gasteiger charge is 2.01. The zero-order chi connectivity index (χ0) is 5.91. The maximum Gasteiger partial charge on any atom is 0.126 e. The van der Waals surface area contributed by atoms with Crippen molar-refractivity contribution in [1.82, 2.24) is 0 Å². The van der Waals surface area contributed by atoms with E-state index in [1.165, 1.54) is 0 Å². The smallest absolute Gasteiger partial charge is 0.126 e. The van der Waals surface area contributed by atoms with Gasteiger partial charge in [0.25, 0.3) is 0 Å². The summed E-state index contributed by atoms with van der Waals surface area (Å²) in [4.78, 5) is 0. The molecule has 0 aliphatic carbocycles. The Kier molecular flexibility index (Phi) is 3.00. The molecule has 0 aliphatic heterocycles. The molecule has 0 aromatic heterocycles. The van der Waals surface area contributed by atoms with Gasteiger partial charge in [-0.15, -0.1) is 0 Å². The molecule has 0 amide bonds. The molecule has 0 radical (unpaired) electrons. The molecular weight excluding hydrogens is 129 g/mol. The minimum Gasteiger partial charge on any atom is -0.341 e. The monoisotopic (exact) mass is 139 g/mol. The van der Waals surface area contributed by atoms with E-state index in [1.807, 2.05) is 6.92 Å². The number of hydrogen-bond acceptors (Lipinski definition) is 2. The fourth-order valence-corrected chi connectivity index (χ4v) is 0.387. The van der Waals surface area contributed by atoms with Gasteiger partial charge in [-0.05, 0) is 0 Å². The van der Waals surface area contributed by atoms with E-state index in [0.717, 1.165) is 6.16 Å². The summed E-state index contributed by atoms with van der Waals surface area (Å²) < 4.78 is 4.79. The van der Waals surface area contributed by atoms with Gasteiger partial charge in [-0.1, -0.05) is 18.7 Å². The van der Waals surface area contributed by atoms with Crippen LogP contribution < -0.4 is 5.50 Å². The van der Waals surface area contributed by atoms with Gasteiger partial charge in [0.2, 0.25) is 0 Å². The van der Waals surface area contributed by atoms with Crippen molar-refractivity contribution in [2.24, 2.45) is 5.50 Å². The van der Waals surface area contributed by atoms with Gasteiger partial charge in [0.1, 0.15) is 6.42 Å². The number of nitrogens with two attached hydrogens (primary N) is 1. The zero-order valence-corrected chi connectivity index (χ0v) is 6.26. The summed E-state index contributed by atoms with van der Waals surface area (Å²) in [5, 5.41) is 0. The zero-order valence-electron chi connectivity index (χ0n) is 4.55. The number of hydrogen-bond donors (Lipinski definition) is 1. The minimum absolute atomic E-state index is 0.777. The minimum atomic E-state index is -1.82. The molecular formula is C3H10NOPS. The second-order valence-electron chi connectivity index (χ2n) is 1.22. The van der Waals surface area contributed by atoms with E-state index in [9.17, 15) is 0 Å². The first-order chi connectivity index (χ1) is 3.12. The maximum absolute atomic E-state index is 5.42. The first-order valence-electron chi connectivity index (χ1n) is 2.05. The van der Waals surface area contributed by atoms with Crippen LogP contribution in [0.25, 0.3) is 0 Å². The predicted octanol–water partition coefficient (Wildman–Crippen LogP) is 0.921. The van der Waals surface area contributed by atoms with Gasteiger partial charge in [0, 0.05) is 13.3 Å². The Morgan fingerprint density at radius 1 is 1.86 bits per heavy atom. The lowest BCUT2D eigenvalue weighted by Gasteiger charge is -2.08. The summed E-state index contributed by atoms with van der Waals surface area (Å²) >= 11 is 4.81. The topological polar surface area (TPSA) is 35.2 Å². The van der Waals surface area contributed by atoms with Crippen LogP contribution in [-0.4, -0.2) is 13.3 Å². The molecule has 0 aromatic rings. The molecule has 4 heteroatoms. The molecule has 1 unspecified atom stereocenters. The molecule has 0 heterocycles. The summed E-state index contributed by atoms with van der Waals surface area (Å²) in [6.07, 6.45) is -1.04. The van der Waals surface area contributed by atoms with Gasteiger partial charge >= 0.3 is 0 Å². The molecule has 0 aliphatic rings. The maximum atomic E-state index is 5.42. The van der Waals surface area contributed by atoms with Crippen molar-refractivity contribution >= 4 is 18.2 Å². The molecule has 0 saturated heterocycles. The molecule has 0 bridgehead atoms. The molecule has 0 spiro atoms. The summed E-state index contributed by atoms with van der Waals surface area (Å²) in [6, 6.07) is 0. The van der Waals surface area contributed by atoms with Gasteiger partial charge < -0.3 is 4.52 Å².